The third kappa shape index (κ3) is 4.84. The molecule has 0 aliphatic rings. The number of aromatic nitrogens is 5. The normalized spacial score (nSPS) is 12.5. The molecular weight excluding hydrogens is 475 g/mol. The fourth-order valence-corrected chi connectivity index (χ4v) is 3.53. The van der Waals surface area contributed by atoms with Crippen LogP contribution in [0.3, 0.4) is 0 Å². The van der Waals surface area contributed by atoms with Gasteiger partial charge in [0.05, 0.1) is 23.9 Å². The van der Waals surface area contributed by atoms with Gasteiger partial charge in [-0.15, -0.1) is 5.10 Å². The van der Waals surface area contributed by atoms with Gasteiger partial charge in [-0.1, -0.05) is 47.1 Å². The first-order chi connectivity index (χ1) is 16.1. The zero-order valence-corrected chi connectivity index (χ0v) is 17.9. The lowest BCUT2D eigenvalue weighted by molar-refractivity contribution is -0.142. The lowest BCUT2D eigenvalue weighted by Crippen LogP contribution is -2.31. The van der Waals surface area contributed by atoms with E-state index in [1.54, 1.807) is 30.3 Å². The molecule has 34 heavy (non-hydrogen) atoms. The van der Waals surface area contributed by atoms with Gasteiger partial charge in [0.15, 0.2) is 5.69 Å². The minimum atomic E-state index is -4.69. The number of halogens is 4. The van der Waals surface area contributed by atoms with Crippen LogP contribution in [0.2, 0.25) is 5.02 Å². The van der Waals surface area contributed by atoms with Crippen LogP contribution < -0.4 is 5.56 Å². The quantitative estimate of drug-likeness (QED) is 0.438. The Kier molecular flexibility index (Phi) is 6.20. The van der Waals surface area contributed by atoms with Gasteiger partial charge in [-0.3, -0.25) is 9.36 Å². The molecule has 2 heterocycles. The van der Waals surface area contributed by atoms with Gasteiger partial charge >= 0.3 is 12.1 Å². The van der Waals surface area contributed by atoms with Crippen molar-refractivity contribution < 1.29 is 23.1 Å². The summed E-state index contributed by atoms with van der Waals surface area (Å²) in [6.07, 6.45) is -2.84. The van der Waals surface area contributed by atoms with Gasteiger partial charge in [-0.05, 0) is 23.8 Å². The monoisotopic (exact) mass is 489 g/mol. The molecule has 8 nitrogen and oxygen atoms in total. The second-order valence-corrected chi connectivity index (χ2v) is 7.71. The van der Waals surface area contributed by atoms with Gasteiger partial charge in [0.25, 0.3) is 5.56 Å². The molecule has 2 aromatic carbocycles. The van der Waals surface area contributed by atoms with E-state index >= 15 is 0 Å². The van der Waals surface area contributed by atoms with Crippen molar-refractivity contribution in [2.75, 3.05) is 0 Å². The average Bonchev–Trinajstić information content (AvgIpc) is 3.29. The van der Waals surface area contributed by atoms with Crippen LogP contribution in [0.15, 0.2) is 71.9 Å². The van der Waals surface area contributed by atoms with Gasteiger partial charge in [-0.2, -0.15) is 13.2 Å². The van der Waals surface area contributed by atoms with E-state index in [-0.39, 0.29) is 28.4 Å². The summed E-state index contributed by atoms with van der Waals surface area (Å²) >= 11 is 6.07. The minimum Gasteiger partial charge on any atom is -0.480 e. The zero-order valence-electron chi connectivity index (χ0n) is 17.1. The fourth-order valence-electron chi connectivity index (χ4n) is 3.36. The van der Waals surface area contributed by atoms with Crippen LogP contribution in [0.1, 0.15) is 17.3 Å². The molecular formula is C22H15ClF3N5O3. The second-order valence-electron chi connectivity index (χ2n) is 7.27. The molecule has 4 rings (SSSR count). The summed E-state index contributed by atoms with van der Waals surface area (Å²) in [4.78, 5) is 28.9. The number of carboxylic acid groups (broad SMARTS) is 1. The Bertz CT molecular complexity index is 1400. The summed E-state index contributed by atoms with van der Waals surface area (Å²) < 4.78 is 40.8. The van der Waals surface area contributed by atoms with Crippen molar-refractivity contribution in [3.63, 3.8) is 0 Å². The van der Waals surface area contributed by atoms with Crippen LogP contribution in [0, 0.1) is 0 Å². The molecule has 0 fully saturated rings. The lowest BCUT2D eigenvalue weighted by Gasteiger charge is -2.16. The topological polar surface area (TPSA) is 103 Å². The molecule has 0 spiro atoms. The Morgan fingerprint density at radius 1 is 1.12 bits per heavy atom. The van der Waals surface area contributed by atoms with Crippen molar-refractivity contribution in [2.45, 2.75) is 18.6 Å². The number of aliphatic carboxylic acids is 1. The molecule has 0 bridgehead atoms. The number of benzene rings is 2. The molecule has 0 amide bonds. The maximum absolute atomic E-state index is 13.0. The highest BCUT2D eigenvalue weighted by Crippen LogP contribution is 2.31. The molecule has 2 aromatic heterocycles. The summed E-state index contributed by atoms with van der Waals surface area (Å²) in [5.74, 6) is -1.22. The molecule has 0 saturated heterocycles. The lowest BCUT2D eigenvalue weighted by atomic mass is 10.1. The largest absolute Gasteiger partial charge is 0.480 e. The molecule has 1 N–H and O–H groups in total. The highest BCUT2D eigenvalue weighted by atomic mass is 35.5. The van der Waals surface area contributed by atoms with E-state index < -0.39 is 29.4 Å². The van der Waals surface area contributed by atoms with Crippen molar-refractivity contribution in [1.82, 2.24) is 24.5 Å². The first-order valence-electron chi connectivity index (χ1n) is 9.78. The number of alkyl halides is 3. The molecule has 0 aliphatic heterocycles. The number of rotatable bonds is 6. The Morgan fingerprint density at radius 2 is 1.85 bits per heavy atom. The Balaban J connectivity index is 1.74. The van der Waals surface area contributed by atoms with E-state index in [2.05, 4.69) is 15.3 Å². The van der Waals surface area contributed by atoms with Gasteiger partial charge < -0.3 is 5.11 Å². The van der Waals surface area contributed by atoms with Gasteiger partial charge in [0, 0.05) is 23.1 Å². The van der Waals surface area contributed by atoms with E-state index in [0.717, 1.165) is 27.2 Å². The summed E-state index contributed by atoms with van der Waals surface area (Å²) in [5, 5.41) is 16.6. The molecule has 1 atom stereocenters. The van der Waals surface area contributed by atoms with E-state index in [1.165, 1.54) is 18.2 Å². The van der Waals surface area contributed by atoms with Gasteiger partial charge in [0.2, 0.25) is 0 Å². The molecule has 174 valence electrons. The van der Waals surface area contributed by atoms with E-state index in [9.17, 15) is 27.9 Å². The molecule has 4 aromatic rings. The smallest absolute Gasteiger partial charge is 0.436 e. The maximum Gasteiger partial charge on any atom is 0.436 e. The van der Waals surface area contributed by atoms with Crippen LogP contribution in [0.4, 0.5) is 13.2 Å². The highest BCUT2D eigenvalue weighted by Gasteiger charge is 2.34. The number of carboxylic acids is 1. The predicted molar refractivity (Wildman–Crippen MR) is 116 cm³/mol. The van der Waals surface area contributed by atoms with Gasteiger partial charge in [-0.25, -0.2) is 14.5 Å². The van der Waals surface area contributed by atoms with Crippen molar-refractivity contribution in [3.05, 3.63) is 93.8 Å². The van der Waals surface area contributed by atoms with Crippen LogP contribution in [-0.2, 0) is 17.4 Å². The molecule has 12 heteroatoms. The first kappa shape index (κ1) is 23.2. The Hall–Kier alpha value is -3.99. The number of carbonyl (C=O) groups is 1. The molecule has 0 saturated carbocycles. The predicted octanol–water partition coefficient (Wildman–Crippen LogP) is 4.03. The van der Waals surface area contributed by atoms with Crippen LogP contribution in [0.25, 0.3) is 16.9 Å². The zero-order chi connectivity index (χ0) is 24.5. The fraction of sp³-hybridized carbons (Fsp3) is 0.136. The van der Waals surface area contributed by atoms with Crippen LogP contribution in [-0.4, -0.2) is 35.6 Å². The van der Waals surface area contributed by atoms with Crippen molar-refractivity contribution in [1.29, 1.82) is 0 Å². The number of hydrogen-bond donors (Lipinski definition) is 1. The average molecular weight is 490 g/mol. The summed E-state index contributed by atoms with van der Waals surface area (Å²) in [6.45, 7) is 0. The number of nitrogens with zero attached hydrogens (tertiary/aromatic N) is 5. The van der Waals surface area contributed by atoms with Crippen molar-refractivity contribution in [3.8, 4) is 16.9 Å². The van der Waals surface area contributed by atoms with Gasteiger partial charge in [0.1, 0.15) is 6.04 Å². The number of hydrogen-bond acceptors (Lipinski definition) is 5. The maximum atomic E-state index is 13.0. The standard InChI is InChI=1S/C22H15ClF3N5O3/c23-14-6-7-17(31-11-19(28-29-31)22(24,25)26)15(9-14)16-10-20(32)30(12-27-16)18(21(33)34)8-13-4-2-1-3-5-13/h1-7,9-12,18H,8H2,(H,33,34). The molecule has 0 radical (unpaired) electrons. The molecule has 0 aliphatic carbocycles. The van der Waals surface area contributed by atoms with Crippen LogP contribution >= 0.6 is 11.6 Å². The Morgan fingerprint density at radius 3 is 2.47 bits per heavy atom. The summed E-state index contributed by atoms with van der Waals surface area (Å²) in [7, 11) is 0. The third-order valence-electron chi connectivity index (χ3n) is 4.99. The van der Waals surface area contributed by atoms with Crippen molar-refractivity contribution in [2.24, 2.45) is 0 Å². The van der Waals surface area contributed by atoms with E-state index in [0.29, 0.717) is 6.20 Å². The third-order valence-corrected chi connectivity index (χ3v) is 5.23. The minimum absolute atomic E-state index is 0.0543. The van der Waals surface area contributed by atoms with Crippen LogP contribution in [0.5, 0.6) is 0 Å². The summed E-state index contributed by atoms with van der Waals surface area (Å²) in [6, 6.07) is 12.9. The SMILES string of the molecule is O=C(O)C(Cc1ccccc1)n1cnc(-c2cc(Cl)ccc2-n2cc(C(F)(F)F)nn2)cc1=O. The second kappa shape index (κ2) is 9.10. The molecule has 1 unspecified atom stereocenters. The highest BCUT2D eigenvalue weighted by molar-refractivity contribution is 6.31. The van der Waals surface area contributed by atoms with E-state index in [4.69, 9.17) is 11.6 Å². The summed E-state index contributed by atoms with van der Waals surface area (Å²) in [5.41, 5.74) is -0.696. The van der Waals surface area contributed by atoms with Crippen molar-refractivity contribution >= 4 is 17.6 Å². The Labute approximate surface area is 194 Å². The first-order valence-corrected chi connectivity index (χ1v) is 10.2. The van der Waals surface area contributed by atoms with E-state index in [1.807, 2.05) is 0 Å².